The van der Waals surface area contributed by atoms with Gasteiger partial charge in [-0.05, 0) is 56.1 Å². The fourth-order valence-electron chi connectivity index (χ4n) is 6.89. The van der Waals surface area contributed by atoms with E-state index >= 15 is 0 Å². The van der Waals surface area contributed by atoms with E-state index in [1.165, 1.54) is 0 Å². The third-order valence-electron chi connectivity index (χ3n) is 8.86. The van der Waals surface area contributed by atoms with E-state index in [1.807, 2.05) is 0 Å². The molecule has 1 aromatic carbocycles. The maximum absolute atomic E-state index is 11.8. The zero-order valence-electron chi connectivity index (χ0n) is 20.8. The van der Waals surface area contributed by atoms with Crippen LogP contribution in [-0.2, 0) is 21.5 Å². The minimum atomic E-state index is -1.39. The van der Waals surface area contributed by atoms with Gasteiger partial charge in [-0.2, -0.15) is 0 Å². The van der Waals surface area contributed by atoms with Gasteiger partial charge in [-0.3, -0.25) is 0 Å². The van der Waals surface area contributed by atoms with Gasteiger partial charge in [0.2, 0.25) is 6.29 Å². The number of aromatic hydroxyl groups is 1. The van der Waals surface area contributed by atoms with Gasteiger partial charge in [0.05, 0.1) is 23.9 Å². The fraction of sp³-hybridized carbons (Fsp3) is 0.769. The molecule has 5 rings (SSSR count). The molecule has 9 heteroatoms. The lowest BCUT2D eigenvalue weighted by molar-refractivity contribution is -0.299. The molecule has 2 fully saturated rings. The second-order valence-corrected chi connectivity index (χ2v) is 12.0. The van der Waals surface area contributed by atoms with Crippen molar-refractivity contribution in [1.82, 2.24) is 0 Å². The number of hydrogen-bond donors (Lipinski definition) is 6. The van der Waals surface area contributed by atoms with E-state index in [0.29, 0.717) is 29.5 Å². The highest BCUT2D eigenvalue weighted by Crippen LogP contribution is 2.56. The standard InChI is InChI=1S/C26H38O9/c1-24(2)6-5-7-26(32)10-13-12(15(28)9-17(24)26)8-14-21(18(13)29)34-23-22(35-25(14,3)4)20(31)19(30)16(11-27)33-23/h8,15-17,19-20,22-23,27-32H,5-7,9-11H2,1-4H3/t15-,16+,17-,19+,20-,22+,23-,26-/m0/s1. The first-order chi connectivity index (χ1) is 16.3. The second kappa shape index (κ2) is 8.28. The topological polar surface area (TPSA) is 149 Å². The lowest BCUT2D eigenvalue weighted by Crippen LogP contribution is -2.61. The summed E-state index contributed by atoms with van der Waals surface area (Å²) in [6.07, 6.45) is -4.12. The minimum absolute atomic E-state index is 0.0887. The molecule has 8 atom stereocenters. The molecule has 1 saturated heterocycles. The van der Waals surface area contributed by atoms with Crippen molar-refractivity contribution in [2.45, 2.75) is 108 Å². The molecule has 2 heterocycles. The summed E-state index contributed by atoms with van der Waals surface area (Å²) in [5.41, 5.74) is -0.914. The molecule has 196 valence electrons. The Balaban J connectivity index is 1.62. The largest absolute Gasteiger partial charge is 0.504 e. The number of ether oxygens (including phenoxy) is 3. The van der Waals surface area contributed by atoms with E-state index < -0.39 is 54.6 Å². The van der Waals surface area contributed by atoms with Gasteiger partial charge in [0.1, 0.15) is 24.4 Å². The first-order valence-electron chi connectivity index (χ1n) is 12.6. The van der Waals surface area contributed by atoms with E-state index in [1.54, 1.807) is 19.9 Å². The van der Waals surface area contributed by atoms with Gasteiger partial charge >= 0.3 is 0 Å². The SMILES string of the molecule is CC1(C)O[C@H]2[C@H](Oc3c1cc1c(c3O)C[C@@]3(O)CCCC(C)(C)[C@@H]3C[C@@H]1O)O[C@H](CO)[C@@H](O)[C@@H]2O. The zero-order chi connectivity index (χ0) is 25.5. The number of rotatable bonds is 1. The average molecular weight is 495 g/mol. The molecule has 35 heavy (non-hydrogen) atoms. The summed E-state index contributed by atoms with van der Waals surface area (Å²) in [4.78, 5) is 0. The van der Waals surface area contributed by atoms with Crippen LogP contribution in [0.25, 0.3) is 0 Å². The van der Waals surface area contributed by atoms with Crippen molar-refractivity contribution in [3.63, 3.8) is 0 Å². The predicted octanol–water partition coefficient (Wildman–Crippen LogP) is 1.38. The summed E-state index contributed by atoms with van der Waals surface area (Å²) in [6.45, 7) is 7.21. The van der Waals surface area contributed by atoms with Gasteiger partial charge in [0.25, 0.3) is 0 Å². The molecule has 1 aromatic rings. The van der Waals surface area contributed by atoms with Crippen molar-refractivity contribution in [1.29, 1.82) is 0 Å². The van der Waals surface area contributed by atoms with E-state index in [4.69, 9.17) is 14.2 Å². The normalized spacial score (nSPS) is 41.8. The van der Waals surface area contributed by atoms with Crippen LogP contribution in [0.4, 0.5) is 0 Å². The first kappa shape index (κ1) is 25.2. The number of aliphatic hydroxyl groups is 5. The molecule has 0 amide bonds. The number of benzene rings is 1. The Labute approximate surface area is 205 Å². The summed E-state index contributed by atoms with van der Waals surface area (Å²) in [5.74, 6) is -0.259. The lowest BCUT2D eigenvalue weighted by atomic mass is 9.59. The third-order valence-corrected chi connectivity index (χ3v) is 8.86. The first-order valence-corrected chi connectivity index (χ1v) is 12.6. The van der Waals surface area contributed by atoms with Crippen molar-refractivity contribution in [2.24, 2.45) is 11.3 Å². The van der Waals surface area contributed by atoms with E-state index in [0.717, 1.165) is 12.8 Å². The van der Waals surface area contributed by atoms with Crippen molar-refractivity contribution >= 4 is 0 Å². The van der Waals surface area contributed by atoms with Gasteiger partial charge in [0.15, 0.2) is 11.5 Å². The highest BCUT2D eigenvalue weighted by molar-refractivity contribution is 5.58. The molecule has 2 aliphatic heterocycles. The maximum Gasteiger partial charge on any atom is 0.229 e. The molecule has 0 unspecified atom stereocenters. The maximum atomic E-state index is 11.8. The van der Waals surface area contributed by atoms with Crippen LogP contribution in [0.5, 0.6) is 11.5 Å². The van der Waals surface area contributed by atoms with E-state index in [9.17, 15) is 30.6 Å². The van der Waals surface area contributed by atoms with Crippen molar-refractivity contribution in [2.75, 3.05) is 6.61 Å². The predicted molar refractivity (Wildman–Crippen MR) is 124 cm³/mol. The summed E-state index contributed by atoms with van der Waals surface area (Å²) >= 11 is 0. The van der Waals surface area contributed by atoms with Gasteiger partial charge in [0, 0.05) is 17.5 Å². The quantitative estimate of drug-likeness (QED) is 0.340. The van der Waals surface area contributed by atoms with Crippen LogP contribution in [0, 0.1) is 11.3 Å². The van der Waals surface area contributed by atoms with Gasteiger partial charge in [-0.1, -0.05) is 20.3 Å². The fourth-order valence-corrected chi connectivity index (χ4v) is 6.89. The van der Waals surface area contributed by atoms with Crippen LogP contribution in [0.1, 0.15) is 76.2 Å². The Morgan fingerprint density at radius 2 is 1.77 bits per heavy atom. The van der Waals surface area contributed by atoms with Crippen LogP contribution >= 0.6 is 0 Å². The molecule has 0 aromatic heterocycles. The van der Waals surface area contributed by atoms with Crippen LogP contribution in [0.3, 0.4) is 0 Å². The summed E-state index contributed by atoms with van der Waals surface area (Å²) in [7, 11) is 0. The molecule has 9 nitrogen and oxygen atoms in total. The number of hydrogen-bond acceptors (Lipinski definition) is 9. The zero-order valence-corrected chi connectivity index (χ0v) is 20.8. The summed E-state index contributed by atoms with van der Waals surface area (Å²) < 4.78 is 18.0. The van der Waals surface area contributed by atoms with Crippen LogP contribution in [0.15, 0.2) is 6.07 Å². The smallest absolute Gasteiger partial charge is 0.229 e. The van der Waals surface area contributed by atoms with Crippen LogP contribution in [-0.4, -0.2) is 73.6 Å². The van der Waals surface area contributed by atoms with Gasteiger partial charge in [-0.25, -0.2) is 0 Å². The third kappa shape index (κ3) is 3.87. The Morgan fingerprint density at radius 1 is 1.06 bits per heavy atom. The number of phenolic OH excluding ortho intramolecular Hbond substituents is 1. The highest BCUT2D eigenvalue weighted by atomic mass is 16.7. The van der Waals surface area contributed by atoms with Crippen molar-refractivity contribution < 1.29 is 44.8 Å². The van der Waals surface area contributed by atoms with Gasteiger partial charge in [-0.15, -0.1) is 0 Å². The summed E-state index contributed by atoms with van der Waals surface area (Å²) in [6, 6.07) is 1.76. The van der Waals surface area contributed by atoms with Gasteiger partial charge < -0.3 is 44.8 Å². The van der Waals surface area contributed by atoms with Crippen LogP contribution < -0.4 is 4.74 Å². The molecular formula is C26H38O9. The van der Waals surface area contributed by atoms with Crippen molar-refractivity contribution in [3.8, 4) is 11.5 Å². The number of fused-ring (bicyclic) bond motifs is 4. The lowest BCUT2D eigenvalue weighted by Gasteiger charge is -2.49. The highest BCUT2D eigenvalue weighted by Gasteiger charge is 2.54. The minimum Gasteiger partial charge on any atom is -0.504 e. The van der Waals surface area contributed by atoms with E-state index in [2.05, 4.69) is 13.8 Å². The number of phenols is 1. The Morgan fingerprint density at radius 3 is 2.46 bits per heavy atom. The molecule has 0 bridgehead atoms. The Kier molecular flexibility index (Phi) is 5.96. The molecule has 0 radical (unpaired) electrons. The molecule has 1 saturated carbocycles. The van der Waals surface area contributed by atoms with Crippen molar-refractivity contribution in [3.05, 3.63) is 22.8 Å². The van der Waals surface area contributed by atoms with E-state index in [-0.39, 0.29) is 29.3 Å². The number of aliphatic hydroxyl groups excluding tert-OH is 4. The molecule has 0 spiro atoms. The monoisotopic (exact) mass is 494 g/mol. The molecule has 6 N–H and O–H groups in total. The Hall–Kier alpha value is -1.46. The molecule has 4 aliphatic rings. The second-order valence-electron chi connectivity index (χ2n) is 12.0. The molecular weight excluding hydrogens is 456 g/mol. The van der Waals surface area contributed by atoms with Crippen LogP contribution in [0.2, 0.25) is 0 Å². The average Bonchev–Trinajstić information content (AvgIpc) is 2.96. The molecule has 2 aliphatic carbocycles. The summed E-state index contributed by atoms with van der Waals surface area (Å²) in [5, 5.41) is 65.3. The Bertz CT molecular complexity index is 992.